The second-order valence-electron chi connectivity index (χ2n) is 6.86. The van der Waals surface area contributed by atoms with E-state index in [-0.39, 0.29) is 12.3 Å². The SMILES string of the molecule is O=C(Cn1nc2nc(N3CCCCCC3)ccn2c1=O)Nc1cccc(F)c1. The second-order valence-corrected chi connectivity index (χ2v) is 6.86. The van der Waals surface area contributed by atoms with Crippen LogP contribution in [0.5, 0.6) is 0 Å². The lowest BCUT2D eigenvalue weighted by atomic mass is 10.2. The summed E-state index contributed by atoms with van der Waals surface area (Å²) in [6.45, 7) is 1.59. The van der Waals surface area contributed by atoms with Crippen LogP contribution in [0.2, 0.25) is 0 Å². The Bertz CT molecular complexity index is 1050. The van der Waals surface area contributed by atoms with Gasteiger partial charge in [-0.1, -0.05) is 18.9 Å². The van der Waals surface area contributed by atoms with Gasteiger partial charge in [-0.15, -0.1) is 5.10 Å². The normalized spacial score (nSPS) is 14.8. The van der Waals surface area contributed by atoms with Crippen molar-refractivity contribution >= 4 is 23.2 Å². The molecular weight excluding hydrogens is 363 g/mol. The van der Waals surface area contributed by atoms with E-state index in [0.717, 1.165) is 36.4 Å². The molecule has 1 aliphatic heterocycles. The number of hydrogen-bond acceptors (Lipinski definition) is 5. The minimum atomic E-state index is -0.469. The Hall–Kier alpha value is -3.23. The first-order valence-corrected chi connectivity index (χ1v) is 9.37. The summed E-state index contributed by atoms with van der Waals surface area (Å²) in [5, 5.41) is 6.74. The van der Waals surface area contributed by atoms with Crippen molar-refractivity contribution in [3.05, 3.63) is 52.8 Å². The molecule has 0 spiro atoms. The number of aromatic nitrogens is 4. The van der Waals surface area contributed by atoms with Gasteiger partial charge < -0.3 is 10.2 Å². The van der Waals surface area contributed by atoms with Crippen molar-refractivity contribution in [3.8, 4) is 0 Å². The van der Waals surface area contributed by atoms with Gasteiger partial charge in [-0.25, -0.2) is 18.3 Å². The Morgan fingerprint density at radius 1 is 1.14 bits per heavy atom. The number of hydrogen-bond donors (Lipinski definition) is 1. The van der Waals surface area contributed by atoms with Crippen LogP contribution < -0.4 is 15.9 Å². The van der Waals surface area contributed by atoms with Crippen LogP contribution in [0.25, 0.3) is 5.78 Å². The van der Waals surface area contributed by atoms with Crippen molar-refractivity contribution in [2.45, 2.75) is 32.2 Å². The van der Waals surface area contributed by atoms with E-state index in [0.29, 0.717) is 5.69 Å². The summed E-state index contributed by atoms with van der Waals surface area (Å²) in [4.78, 5) is 31.4. The molecule has 0 radical (unpaired) electrons. The Kier molecular flexibility index (Phi) is 5.05. The zero-order chi connectivity index (χ0) is 19.5. The summed E-state index contributed by atoms with van der Waals surface area (Å²) in [7, 11) is 0. The van der Waals surface area contributed by atoms with Crippen LogP contribution in [0.4, 0.5) is 15.9 Å². The summed E-state index contributed by atoms with van der Waals surface area (Å²) in [5.41, 5.74) is -0.123. The molecule has 1 fully saturated rings. The van der Waals surface area contributed by atoms with Crippen molar-refractivity contribution in [1.29, 1.82) is 0 Å². The fourth-order valence-corrected chi connectivity index (χ4v) is 3.38. The fourth-order valence-electron chi connectivity index (χ4n) is 3.38. The fraction of sp³-hybridized carbons (Fsp3) is 0.368. The Labute approximate surface area is 160 Å². The summed E-state index contributed by atoms with van der Waals surface area (Å²) in [6, 6.07) is 7.37. The van der Waals surface area contributed by atoms with Gasteiger partial charge in [0.05, 0.1) is 0 Å². The van der Waals surface area contributed by atoms with Gasteiger partial charge in [0.15, 0.2) is 0 Å². The number of benzene rings is 1. The number of halogens is 1. The highest BCUT2D eigenvalue weighted by Crippen LogP contribution is 2.17. The minimum absolute atomic E-state index is 0.255. The number of carbonyl (C=O) groups is 1. The topological polar surface area (TPSA) is 84.5 Å². The van der Waals surface area contributed by atoms with Crippen molar-refractivity contribution < 1.29 is 9.18 Å². The lowest BCUT2D eigenvalue weighted by Gasteiger charge is -2.20. The number of carbonyl (C=O) groups excluding carboxylic acids is 1. The third-order valence-electron chi connectivity index (χ3n) is 4.77. The van der Waals surface area contributed by atoms with Gasteiger partial charge in [-0.2, -0.15) is 4.98 Å². The third-order valence-corrected chi connectivity index (χ3v) is 4.77. The number of nitrogens with zero attached hydrogens (tertiary/aromatic N) is 5. The van der Waals surface area contributed by atoms with Gasteiger partial charge in [0.1, 0.15) is 18.2 Å². The number of fused-ring (bicyclic) bond motifs is 1. The number of amides is 1. The summed E-state index contributed by atoms with van der Waals surface area (Å²) < 4.78 is 15.6. The molecule has 3 aromatic rings. The molecule has 9 heteroatoms. The highest BCUT2D eigenvalue weighted by molar-refractivity contribution is 5.90. The molecule has 146 valence electrons. The predicted molar refractivity (Wildman–Crippen MR) is 103 cm³/mol. The van der Waals surface area contributed by atoms with Crippen LogP contribution in [0.15, 0.2) is 41.3 Å². The van der Waals surface area contributed by atoms with Crippen molar-refractivity contribution in [3.63, 3.8) is 0 Å². The van der Waals surface area contributed by atoms with Gasteiger partial charge in [-0.3, -0.25) is 4.79 Å². The van der Waals surface area contributed by atoms with Crippen LogP contribution in [0.3, 0.4) is 0 Å². The van der Waals surface area contributed by atoms with E-state index >= 15 is 0 Å². The molecule has 1 saturated heterocycles. The molecule has 0 aliphatic carbocycles. The van der Waals surface area contributed by atoms with E-state index in [2.05, 4.69) is 20.3 Å². The largest absolute Gasteiger partial charge is 0.356 e. The Morgan fingerprint density at radius 2 is 1.93 bits per heavy atom. The lowest BCUT2D eigenvalue weighted by Crippen LogP contribution is -2.28. The average Bonchev–Trinajstić information content (AvgIpc) is 2.86. The maximum Gasteiger partial charge on any atom is 0.352 e. The molecule has 0 unspecified atom stereocenters. The molecule has 1 aliphatic rings. The lowest BCUT2D eigenvalue weighted by molar-refractivity contribution is -0.117. The second kappa shape index (κ2) is 7.79. The highest BCUT2D eigenvalue weighted by atomic mass is 19.1. The Balaban J connectivity index is 1.53. The van der Waals surface area contributed by atoms with E-state index in [1.165, 1.54) is 35.4 Å². The predicted octanol–water partition coefficient (Wildman–Crippen LogP) is 2.05. The number of nitrogens with one attached hydrogen (secondary N) is 1. The van der Waals surface area contributed by atoms with Crippen molar-refractivity contribution in [1.82, 2.24) is 19.2 Å². The van der Waals surface area contributed by atoms with E-state index in [9.17, 15) is 14.0 Å². The van der Waals surface area contributed by atoms with Gasteiger partial charge in [0, 0.05) is 25.0 Å². The van der Waals surface area contributed by atoms with Crippen LogP contribution in [0.1, 0.15) is 25.7 Å². The van der Waals surface area contributed by atoms with Gasteiger partial charge in [-0.05, 0) is 37.1 Å². The summed E-state index contributed by atoms with van der Waals surface area (Å²) in [5.74, 6) is 0.123. The molecule has 28 heavy (non-hydrogen) atoms. The zero-order valence-corrected chi connectivity index (χ0v) is 15.3. The molecule has 0 atom stereocenters. The minimum Gasteiger partial charge on any atom is -0.356 e. The molecule has 0 saturated carbocycles. The molecule has 4 rings (SSSR count). The van der Waals surface area contributed by atoms with Gasteiger partial charge in [0.25, 0.3) is 5.78 Å². The van der Waals surface area contributed by atoms with Crippen molar-refractivity contribution in [2.75, 3.05) is 23.3 Å². The van der Waals surface area contributed by atoms with Crippen LogP contribution >= 0.6 is 0 Å². The molecule has 1 N–H and O–H groups in total. The van der Waals surface area contributed by atoms with E-state index in [4.69, 9.17) is 0 Å². The molecule has 2 aromatic heterocycles. The summed E-state index contributed by atoms with van der Waals surface area (Å²) in [6.07, 6.45) is 6.31. The standard InChI is InChI=1S/C19H21FN6O2/c20-14-6-5-7-15(12-14)21-17(27)13-26-19(28)25-11-8-16(22-18(25)23-26)24-9-3-1-2-4-10-24/h5-8,11-12H,1-4,9-10,13H2,(H,21,27). The summed E-state index contributed by atoms with van der Waals surface area (Å²) >= 11 is 0. The molecule has 0 bridgehead atoms. The molecule has 3 heterocycles. The van der Waals surface area contributed by atoms with E-state index < -0.39 is 17.4 Å². The quantitative estimate of drug-likeness (QED) is 0.744. The highest BCUT2D eigenvalue weighted by Gasteiger charge is 2.15. The van der Waals surface area contributed by atoms with Crippen LogP contribution in [-0.2, 0) is 11.3 Å². The van der Waals surface area contributed by atoms with E-state index in [1.54, 1.807) is 18.3 Å². The average molecular weight is 384 g/mol. The van der Waals surface area contributed by atoms with E-state index in [1.807, 2.05) is 0 Å². The van der Waals surface area contributed by atoms with Gasteiger partial charge in [0.2, 0.25) is 5.91 Å². The molecule has 8 nitrogen and oxygen atoms in total. The first kappa shape index (κ1) is 18.1. The first-order valence-electron chi connectivity index (χ1n) is 9.37. The Morgan fingerprint density at radius 3 is 2.68 bits per heavy atom. The molecule has 1 aromatic carbocycles. The molecule has 1 amide bonds. The van der Waals surface area contributed by atoms with Gasteiger partial charge >= 0.3 is 5.69 Å². The smallest absolute Gasteiger partial charge is 0.352 e. The molecular formula is C19H21FN6O2. The van der Waals surface area contributed by atoms with Crippen LogP contribution in [-0.4, -0.2) is 38.2 Å². The first-order chi connectivity index (χ1) is 13.6. The monoisotopic (exact) mass is 384 g/mol. The number of rotatable bonds is 4. The van der Waals surface area contributed by atoms with Crippen molar-refractivity contribution in [2.24, 2.45) is 0 Å². The van der Waals surface area contributed by atoms with Crippen LogP contribution in [0, 0.1) is 5.82 Å². The maximum absolute atomic E-state index is 13.2. The third kappa shape index (κ3) is 3.88. The maximum atomic E-state index is 13.2. The zero-order valence-electron chi connectivity index (χ0n) is 15.3. The number of anilines is 2.